The Morgan fingerprint density at radius 3 is 2.41 bits per heavy atom. The number of aldehydes is 1. The van der Waals surface area contributed by atoms with Gasteiger partial charge >= 0.3 is 0 Å². The predicted molar refractivity (Wildman–Crippen MR) is 110 cm³/mol. The summed E-state index contributed by atoms with van der Waals surface area (Å²) in [5.74, 6) is 5.26. The lowest BCUT2D eigenvalue weighted by Gasteiger charge is -2.58. The second-order valence-corrected chi connectivity index (χ2v) is 12.0. The van der Waals surface area contributed by atoms with Crippen molar-refractivity contribution in [2.45, 2.75) is 85.5 Å². The molecular weight excluding hydrogens is 332 g/mol. The molecule has 154 valence electrons. The molecule has 2 nitrogen and oxygen atoms in total. The highest BCUT2D eigenvalue weighted by Gasteiger charge is 2.59. The average Bonchev–Trinajstić information content (AvgIpc) is 2.99. The Labute approximate surface area is 167 Å². The molecule has 0 aromatic heterocycles. The molecule has 0 aromatic rings. The molecule has 0 unspecified atom stereocenters. The monoisotopic (exact) mass is 374 g/mol. The maximum absolute atomic E-state index is 11.8. The number of hydrogen-bond donors (Lipinski definition) is 0. The van der Waals surface area contributed by atoms with E-state index < -0.39 is 0 Å². The van der Waals surface area contributed by atoms with Gasteiger partial charge in [0, 0.05) is 12.5 Å². The van der Waals surface area contributed by atoms with Gasteiger partial charge in [-0.2, -0.15) is 0 Å². The molecule has 4 rings (SSSR count). The van der Waals surface area contributed by atoms with Gasteiger partial charge in [0.1, 0.15) is 6.29 Å². The van der Waals surface area contributed by atoms with E-state index in [1.54, 1.807) is 0 Å². The lowest BCUT2D eigenvalue weighted by molar-refractivity contribution is -0.125. The Hall–Kier alpha value is -0.370. The standard InChI is InChI=1S/C25H42O2/c1-23(2,15-26)22-9-8-21-20-7-6-17-14-24(3,16-27-5)12-10-18(17)19(20)11-13-25(21,22)4/h15,17-22H,6-14,16H2,1-5H3/t17-,18+,19-,20-,21+,22-,24+,25+/m1/s1. The molecule has 0 amide bonds. The van der Waals surface area contributed by atoms with Gasteiger partial charge in [0.05, 0.1) is 6.61 Å². The smallest absolute Gasteiger partial charge is 0.125 e. The molecule has 0 N–H and O–H groups in total. The molecule has 2 heteroatoms. The van der Waals surface area contributed by atoms with E-state index in [0.29, 0.717) is 16.7 Å². The molecule has 0 aliphatic heterocycles. The van der Waals surface area contributed by atoms with Crippen LogP contribution in [0.15, 0.2) is 0 Å². The zero-order chi connectivity index (χ0) is 19.4. The van der Waals surface area contributed by atoms with E-state index >= 15 is 0 Å². The van der Waals surface area contributed by atoms with Crippen LogP contribution in [-0.2, 0) is 9.53 Å². The van der Waals surface area contributed by atoms with Gasteiger partial charge in [-0.1, -0.05) is 27.7 Å². The number of carbonyl (C=O) groups excluding carboxylic acids is 1. The lowest BCUT2D eigenvalue weighted by Crippen LogP contribution is -2.51. The Morgan fingerprint density at radius 1 is 0.963 bits per heavy atom. The van der Waals surface area contributed by atoms with Crippen LogP contribution in [0.25, 0.3) is 0 Å². The summed E-state index contributed by atoms with van der Waals surface area (Å²) in [6, 6.07) is 0. The molecule has 4 saturated carbocycles. The van der Waals surface area contributed by atoms with E-state index in [-0.39, 0.29) is 5.41 Å². The lowest BCUT2D eigenvalue weighted by atomic mass is 9.47. The third-order valence-corrected chi connectivity index (χ3v) is 10.0. The predicted octanol–water partition coefficient (Wildman–Crippen LogP) is 6.13. The van der Waals surface area contributed by atoms with Crippen LogP contribution in [0.4, 0.5) is 0 Å². The minimum atomic E-state index is -0.152. The number of methoxy groups -OCH3 is 1. The molecule has 0 radical (unpaired) electrons. The summed E-state index contributed by atoms with van der Waals surface area (Å²) < 4.78 is 5.57. The van der Waals surface area contributed by atoms with E-state index in [0.717, 1.165) is 36.2 Å². The number of hydrogen-bond acceptors (Lipinski definition) is 2. The summed E-state index contributed by atoms with van der Waals surface area (Å²) >= 11 is 0. The number of carbonyl (C=O) groups is 1. The van der Waals surface area contributed by atoms with Gasteiger partial charge in [-0.15, -0.1) is 0 Å². The second kappa shape index (κ2) is 6.85. The highest BCUT2D eigenvalue weighted by Crippen LogP contribution is 2.67. The highest BCUT2D eigenvalue weighted by atomic mass is 16.5. The van der Waals surface area contributed by atoms with Crippen molar-refractivity contribution in [3.63, 3.8) is 0 Å². The third-order valence-electron chi connectivity index (χ3n) is 10.0. The quantitative estimate of drug-likeness (QED) is 0.553. The van der Waals surface area contributed by atoms with E-state index in [4.69, 9.17) is 4.74 Å². The van der Waals surface area contributed by atoms with Gasteiger partial charge < -0.3 is 9.53 Å². The number of rotatable bonds is 4. The van der Waals surface area contributed by atoms with E-state index in [9.17, 15) is 4.79 Å². The maximum atomic E-state index is 11.8. The Bertz CT molecular complexity index is 569. The van der Waals surface area contributed by atoms with E-state index in [2.05, 4.69) is 27.7 Å². The summed E-state index contributed by atoms with van der Waals surface area (Å²) in [6.45, 7) is 10.3. The molecule has 27 heavy (non-hydrogen) atoms. The van der Waals surface area contributed by atoms with Crippen LogP contribution < -0.4 is 0 Å². The topological polar surface area (TPSA) is 26.3 Å². The van der Waals surface area contributed by atoms with Crippen LogP contribution in [-0.4, -0.2) is 20.0 Å². The first-order chi connectivity index (χ1) is 12.7. The first-order valence-electron chi connectivity index (χ1n) is 11.7. The Kier molecular flexibility index (Phi) is 5.06. The van der Waals surface area contributed by atoms with Crippen molar-refractivity contribution in [3.8, 4) is 0 Å². The normalized spacial score (nSPS) is 49.8. The summed E-state index contributed by atoms with van der Waals surface area (Å²) in [7, 11) is 1.87. The van der Waals surface area contributed by atoms with Crippen molar-refractivity contribution in [2.75, 3.05) is 13.7 Å². The molecule has 4 aliphatic carbocycles. The molecule has 0 heterocycles. The largest absolute Gasteiger partial charge is 0.384 e. The van der Waals surface area contributed by atoms with Gasteiger partial charge in [0.15, 0.2) is 0 Å². The minimum absolute atomic E-state index is 0.152. The summed E-state index contributed by atoms with van der Waals surface area (Å²) in [5, 5.41) is 0. The third kappa shape index (κ3) is 3.13. The number of ether oxygens (including phenoxy) is 1. The fourth-order valence-corrected chi connectivity index (χ4v) is 8.97. The van der Waals surface area contributed by atoms with Gasteiger partial charge in [-0.25, -0.2) is 0 Å². The van der Waals surface area contributed by atoms with Crippen molar-refractivity contribution in [2.24, 2.45) is 51.8 Å². The zero-order valence-electron chi connectivity index (χ0n) is 18.4. The Morgan fingerprint density at radius 2 is 1.70 bits per heavy atom. The van der Waals surface area contributed by atoms with Crippen LogP contribution in [0, 0.1) is 51.8 Å². The van der Waals surface area contributed by atoms with E-state index in [1.165, 1.54) is 64.1 Å². The van der Waals surface area contributed by atoms with Crippen molar-refractivity contribution >= 4 is 6.29 Å². The van der Waals surface area contributed by atoms with Crippen LogP contribution in [0.2, 0.25) is 0 Å². The van der Waals surface area contributed by atoms with Gasteiger partial charge in [-0.3, -0.25) is 0 Å². The van der Waals surface area contributed by atoms with Crippen LogP contribution >= 0.6 is 0 Å². The molecule has 4 aliphatic rings. The zero-order valence-corrected chi connectivity index (χ0v) is 18.4. The van der Waals surface area contributed by atoms with Crippen LogP contribution in [0.1, 0.15) is 85.5 Å². The fourth-order valence-electron chi connectivity index (χ4n) is 8.97. The second-order valence-electron chi connectivity index (χ2n) is 12.0. The highest BCUT2D eigenvalue weighted by molar-refractivity contribution is 5.59. The van der Waals surface area contributed by atoms with Crippen LogP contribution in [0.3, 0.4) is 0 Å². The van der Waals surface area contributed by atoms with Gasteiger partial charge in [0.25, 0.3) is 0 Å². The van der Waals surface area contributed by atoms with Crippen molar-refractivity contribution in [1.29, 1.82) is 0 Å². The number of fused-ring (bicyclic) bond motifs is 5. The SMILES string of the molecule is COC[C@@]1(C)CC[C@H]2[C@H](CC[C@@H]3[C@@H]2CC[C@]2(C)[C@@H](C(C)(C)C=O)CC[C@@H]32)C1. The molecular formula is C25H42O2. The molecule has 0 aromatic carbocycles. The Balaban J connectivity index is 1.51. The molecule has 0 bridgehead atoms. The van der Waals surface area contributed by atoms with Crippen molar-refractivity contribution < 1.29 is 9.53 Å². The minimum Gasteiger partial charge on any atom is -0.384 e. The first-order valence-corrected chi connectivity index (χ1v) is 11.7. The summed E-state index contributed by atoms with van der Waals surface area (Å²) in [6.07, 6.45) is 13.7. The summed E-state index contributed by atoms with van der Waals surface area (Å²) in [5.41, 5.74) is 0.663. The molecule has 8 atom stereocenters. The van der Waals surface area contributed by atoms with Crippen molar-refractivity contribution in [1.82, 2.24) is 0 Å². The first kappa shape index (κ1) is 19.9. The fraction of sp³-hybridized carbons (Fsp3) is 0.960. The van der Waals surface area contributed by atoms with Gasteiger partial charge in [-0.05, 0) is 104 Å². The van der Waals surface area contributed by atoms with Crippen LogP contribution in [0.5, 0.6) is 0 Å². The summed E-state index contributed by atoms with van der Waals surface area (Å²) in [4.78, 5) is 11.8. The molecule has 0 saturated heterocycles. The van der Waals surface area contributed by atoms with Gasteiger partial charge in [0.2, 0.25) is 0 Å². The molecule has 0 spiro atoms. The van der Waals surface area contributed by atoms with E-state index in [1.807, 2.05) is 7.11 Å². The maximum Gasteiger partial charge on any atom is 0.125 e. The van der Waals surface area contributed by atoms with Crippen molar-refractivity contribution in [3.05, 3.63) is 0 Å². The average molecular weight is 375 g/mol. The molecule has 4 fully saturated rings.